The van der Waals surface area contributed by atoms with Gasteiger partial charge in [0.1, 0.15) is 5.54 Å². The fraction of sp³-hybridized carbons (Fsp3) is 0.706. The number of aliphatic hydroxyl groups is 1. The molecule has 0 atom stereocenters. The Labute approximate surface area is 143 Å². The highest BCUT2D eigenvalue weighted by atomic mass is 16.3. The molecule has 0 aliphatic carbocycles. The molecular weight excluding hydrogens is 306 g/mol. The molecule has 0 bridgehead atoms. The summed E-state index contributed by atoms with van der Waals surface area (Å²) in [6.07, 6.45) is 3.71. The van der Waals surface area contributed by atoms with Crippen LogP contribution in [0.1, 0.15) is 38.3 Å². The van der Waals surface area contributed by atoms with E-state index in [0.717, 1.165) is 31.6 Å². The molecule has 132 valence electrons. The van der Waals surface area contributed by atoms with E-state index >= 15 is 0 Å². The predicted octanol–water partition coefficient (Wildman–Crippen LogP) is 0.815. The predicted molar refractivity (Wildman–Crippen MR) is 90.2 cm³/mol. The number of amides is 1. The maximum atomic E-state index is 12.4. The quantitative estimate of drug-likeness (QED) is 0.833. The van der Waals surface area contributed by atoms with Crippen molar-refractivity contribution in [3.63, 3.8) is 0 Å². The number of likely N-dealkylation sites (N-methyl/N-ethyl adjacent to an activating group) is 1. The van der Waals surface area contributed by atoms with Crippen LogP contribution in [0.15, 0.2) is 12.3 Å². The summed E-state index contributed by atoms with van der Waals surface area (Å²) in [6.45, 7) is 6.16. The third-order valence-corrected chi connectivity index (χ3v) is 4.91. The van der Waals surface area contributed by atoms with Crippen molar-refractivity contribution in [2.45, 2.75) is 44.7 Å². The summed E-state index contributed by atoms with van der Waals surface area (Å²) in [5.74, 6) is 0.393. The highest BCUT2D eigenvalue weighted by molar-refractivity contribution is 5.79. The normalized spacial score (nSPS) is 16.8. The van der Waals surface area contributed by atoms with Gasteiger partial charge < -0.3 is 10.0 Å². The molecule has 1 aromatic rings. The molecular formula is C17H27N5O2. The van der Waals surface area contributed by atoms with Gasteiger partial charge >= 0.3 is 0 Å². The number of likely N-dealkylation sites (tertiary alicyclic amines) is 1. The van der Waals surface area contributed by atoms with Crippen LogP contribution >= 0.6 is 0 Å². The average Bonchev–Trinajstić information content (AvgIpc) is 3.03. The summed E-state index contributed by atoms with van der Waals surface area (Å²) in [5, 5.41) is 22.5. The SMILES string of the molecule is CN(C(=O)CN1CCC(c2ccnn2CCO)CC1)C(C)(C)C#N. The number of carbonyl (C=O) groups excluding carboxylic acids is 1. The molecule has 0 spiro atoms. The minimum Gasteiger partial charge on any atom is -0.394 e. The molecule has 0 saturated carbocycles. The van der Waals surface area contributed by atoms with Crippen LogP contribution in [0.2, 0.25) is 0 Å². The van der Waals surface area contributed by atoms with Crippen LogP contribution in [0.25, 0.3) is 0 Å². The molecule has 0 radical (unpaired) electrons. The number of hydrogen-bond donors (Lipinski definition) is 1. The number of hydrogen-bond acceptors (Lipinski definition) is 5. The molecule has 7 heteroatoms. The molecule has 1 fully saturated rings. The lowest BCUT2D eigenvalue weighted by atomic mass is 9.93. The number of nitriles is 1. The molecule has 1 saturated heterocycles. The number of aromatic nitrogens is 2. The molecule has 1 amide bonds. The van der Waals surface area contributed by atoms with Crippen molar-refractivity contribution in [1.29, 1.82) is 5.26 Å². The van der Waals surface area contributed by atoms with E-state index in [-0.39, 0.29) is 12.5 Å². The van der Waals surface area contributed by atoms with E-state index < -0.39 is 5.54 Å². The van der Waals surface area contributed by atoms with Gasteiger partial charge in [-0.2, -0.15) is 10.4 Å². The topological polar surface area (TPSA) is 85.4 Å². The van der Waals surface area contributed by atoms with E-state index in [1.54, 1.807) is 27.1 Å². The third-order valence-electron chi connectivity index (χ3n) is 4.91. The van der Waals surface area contributed by atoms with Crippen molar-refractivity contribution in [1.82, 2.24) is 19.6 Å². The first-order valence-electron chi connectivity index (χ1n) is 8.42. The summed E-state index contributed by atoms with van der Waals surface area (Å²) in [5.41, 5.74) is 0.379. The Bertz CT molecular complexity index is 596. The Hall–Kier alpha value is -1.91. The van der Waals surface area contributed by atoms with Crippen molar-refractivity contribution in [2.24, 2.45) is 0 Å². The lowest BCUT2D eigenvalue weighted by molar-refractivity contribution is -0.134. The molecule has 2 rings (SSSR count). The zero-order valence-corrected chi connectivity index (χ0v) is 14.8. The van der Waals surface area contributed by atoms with E-state index in [0.29, 0.717) is 19.0 Å². The number of nitrogens with zero attached hydrogens (tertiary/aromatic N) is 5. The zero-order chi connectivity index (χ0) is 17.7. The van der Waals surface area contributed by atoms with Crippen molar-refractivity contribution in [3.05, 3.63) is 18.0 Å². The molecule has 1 aliphatic rings. The van der Waals surface area contributed by atoms with Crippen LogP contribution in [0.5, 0.6) is 0 Å². The summed E-state index contributed by atoms with van der Waals surface area (Å²) < 4.78 is 1.87. The summed E-state index contributed by atoms with van der Waals surface area (Å²) in [7, 11) is 1.69. The van der Waals surface area contributed by atoms with Gasteiger partial charge in [0.25, 0.3) is 0 Å². The molecule has 7 nitrogen and oxygen atoms in total. The molecule has 1 aliphatic heterocycles. The number of aliphatic hydroxyl groups excluding tert-OH is 1. The molecule has 1 N–H and O–H groups in total. The first kappa shape index (κ1) is 18.4. The number of piperidine rings is 1. The third kappa shape index (κ3) is 4.13. The van der Waals surface area contributed by atoms with Crippen LogP contribution in [-0.2, 0) is 11.3 Å². The summed E-state index contributed by atoms with van der Waals surface area (Å²) in [4.78, 5) is 16.0. The van der Waals surface area contributed by atoms with E-state index in [9.17, 15) is 4.79 Å². The fourth-order valence-electron chi connectivity index (χ4n) is 3.04. The maximum absolute atomic E-state index is 12.4. The highest BCUT2D eigenvalue weighted by Gasteiger charge is 2.30. The van der Waals surface area contributed by atoms with E-state index in [1.165, 1.54) is 4.90 Å². The smallest absolute Gasteiger partial charge is 0.237 e. The molecule has 0 aromatic carbocycles. The highest BCUT2D eigenvalue weighted by Crippen LogP contribution is 2.27. The molecule has 24 heavy (non-hydrogen) atoms. The van der Waals surface area contributed by atoms with Gasteiger partial charge in [0, 0.05) is 24.9 Å². The van der Waals surface area contributed by atoms with E-state index in [1.807, 2.05) is 10.7 Å². The Morgan fingerprint density at radius 1 is 1.50 bits per heavy atom. The second-order valence-electron chi connectivity index (χ2n) is 6.88. The minimum absolute atomic E-state index is 0.0228. The van der Waals surface area contributed by atoms with Gasteiger partial charge in [-0.3, -0.25) is 14.4 Å². The summed E-state index contributed by atoms with van der Waals surface area (Å²) >= 11 is 0. The molecule has 0 unspecified atom stereocenters. The van der Waals surface area contributed by atoms with E-state index in [4.69, 9.17) is 10.4 Å². The summed E-state index contributed by atoms with van der Waals surface area (Å²) in [6, 6.07) is 4.18. The van der Waals surface area contributed by atoms with Gasteiger partial charge in [0.05, 0.1) is 25.8 Å². The van der Waals surface area contributed by atoms with Gasteiger partial charge in [-0.05, 0) is 45.8 Å². The maximum Gasteiger partial charge on any atom is 0.237 e. The standard InChI is InChI=1S/C17H27N5O2/c1-17(2,13-18)20(3)16(24)12-21-8-5-14(6-9-21)15-4-7-19-22(15)10-11-23/h4,7,14,23H,5-6,8-12H2,1-3H3. The molecule has 2 heterocycles. The van der Waals surface area contributed by atoms with Crippen molar-refractivity contribution < 1.29 is 9.90 Å². The second kappa shape index (κ2) is 7.77. The largest absolute Gasteiger partial charge is 0.394 e. The Morgan fingerprint density at radius 2 is 2.17 bits per heavy atom. The van der Waals surface area contributed by atoms with Crippen LogP contribution in [-0.4, -0.2) is 69.4 Å². The van der Waals surface area contributed by atoms with Gasteiger partial charge in [0.2, 0.25) is 5.91 Å². The first-order chi connectivity index (χ1) is 11.4. The van der Waals surface area contributed by atoms with Gasteiger partial charge in [-0.25, -0.2) is 0 Å². The lowest BCUT2D eigenvalue weighted by Crippen LogP contribution is -2.49. The number of carbonyl (C=O) groups is 1. The van der Waals surface area contributed by atoms with Gasteiger partial charge in [0.15, 0.2) is 0 Å². The van der Waals surface area contributed by atoms with E-state index in [2.05, 4.69) is 16.1 Å². The number of rotatable bonds is 6. The van der Waals surface area contributed by atoms with Gasteiger partial charge in [-0.1, -0.05) is 0 Å². The van der Waals surface area contributed by atoms with Crippen LogP contribution in [0, 0.1) is 11.3 Å². The van der Waals surface area contributed by atoms with Crippen LogP contribution < -0.4 is 0 Å². The van der Waals surface area contributed by atoms with Gasteiger partial charge in [-0.15, -0.1) is 0 Å². The zero-order valence-electron chi connectivity index (χ0n) is 14.8. The minimum atomic E-state index is -0.786. The Kier molecular flexibility index (Phi) is 5.97. The fourth-order valence-corrected chi connectivity index (χ4v) is 3.04. The Balaban J connectivity index is 1.88. The van der Waals surface area contributed by atoms with Crippen molar-refractivity contribution >= 4 is 5.91 Å². The van der Waals surface area contributed by atoms with Crippen molar-refractivity contribution in [3.8, 4) is 6.07 Å². The average molecular weight is 333 g/mol. The molecule has 1 aromatic heterocycles. The Morgan fingerprint density at radius 3 is 2.75 bits per heavy atom. The lowest BCUT2D eigenvalue weighted by Gasteiger charge is -2.35. The monoisotopic (exact) mass is 333 g/mol. The first-order valence-corrected chi connectivity index (χ1v) is 8.42. The van der Waals surface area contributed by atoms with Crippen LogP contribution in [0.3, 0.4) is 0 Å². The second-order valence-corrected chi connectivity index (χ2v) is 6.88. The van der Waals surface area contributed by atoms with Crippen molar-refractivity contribution in [2.75, 3.05) is 33.3 Å². The van der Waals surface area contributed by atoms with Crippen LogP contribution in [0.4, 0.5) is 0 Å².